The molecule has 4 nitrogen and oxygen atoms in total. The zero-order chi connectivity index (χ0) is 21.3. The topological polar surface area (TPSA) is 44.8 Å². The molecule has 166 valence electrons. The van der Waals surface area contributed by atoms with E-state index in [1.54, 1.807) is 0 Å². The van der Waals surface area contributed by atoms with E-state index < -0.39 is 0 Å². The highest BCUT2D eigenvalue weighted by atomic mass is 16.5. The van der Waals surface area contributed by atoms with Gasteiger partial charge in [0, 0.05) is 25.2 Å². The highest BCUT2D eigenvalue weighted by molar-refractivity contribution is 5.73. The van der Waals surface area contributed by atoms with Crippen LogP contribution in [-0.4, -0.2) is 25.8 Å². The van der Waals surface area contributed by atoms with E-state index in [-0.39, 0.29) is 11.4 Å². The van der Waals surface area contributed by atoms with Crippen molar-refractivity contribution in [3.8, 4) is 11.5 Å². The Morgan fingerprint density at radius 1 is 1.17 bits per heavy atom. The largest absolute Gasteiger partial charge is 0.493 e. The molecule has 0 aliphatic heterocycles. The predicted octanol–water partition coefficient (Wildman–Crippen LogP) is 6.05. The molecule has 0 aromatic heterocycles. The smallest absolute Gasteiger partial charge is 0.310 e. The maximum atomic E-state index is 12.2. The number of unbranched alkanes of at least 4 members (excludes halogenated alkanes) is 1. The van der Waals surface area contributed by atoms with Gasteiger partial charge in [-0.1, -0.05) is 27.2 Å². The SMILES string of the molecule is CCCCOc1cc2c(c(OC(=O)CC)c1)[C@H]1CC[C@]3(C)C(OC)CC[C@H]3[C@@H]1CC2. The van der Waals surface area contributed by atoms with Crippen molar-refractivity contribution >= 4 is 5.97 Å². The molecule has 3 aliphatic carbocycles. The van der Waals surface area contributed by atoms with E-state index in [4.69, 9.17) is 14.2 Å². The van der Waals surface area contributed by atoms with E-state index >= 15 is 0 Å². The van der Waals surface area contributed by atoms with Gasteiger partial charge in [0.1, 0.15) is 11.5 Å². The molecule has 0 saturated heterocycles. The zero-order valence-corrected chi connectivity index (χ0v) is 19.2. The standard InChI is InChI=1S/C26H38O4/c1-5-7-14-29-18-15-17-8-9-19-20(25(17)22(16-18)30-24(27)6-2)12-13-26(3)21(19)10-11-23(26)28-4/h15-16,19-21,23H,5-14H2,1-4H3/t19-,20+,21+,23?,26+/m1/s1. The Kier molecular flexibility index (Phi) is 6.43. The third-order valence-electron chi connectivity index (χ3n) is 8.23. The molecule has 2 saturated carbocycles. The summed E-state index contributed by atoms with van der Waals surface area (Å²) < 4.78 is 17.8. The first kappa shape index (κ1) is 21.7. The summed E-state index contributed by atoms with van der Waals surface area (Å²) in [5.41, 5.74) is 2.91. The first-order chi connectivity index (χ1) is 14.5. The Hall–Kier alpha value is -1.55. The fourth-order valence-corrected chi connectivity index (χ4v) is 6.69. The van der Waals surface area contributed by atoms with Crippen molar-refractivity contribution in [1.29, 1.82) is 0 Å². The monoisotopic (exact) mass is 414 g/mol. The molecular weight excluding hydrogens is 376 g/mol. The highest BCUT2D eigenvalue weighted by Crippen LogP contribution is 2.62. The fraction of sp³-hybridized carbons (Fsp3) is 0.731. The second-order valence-corrected chi connectivity index (χ2v) is 9.79. The molecule has 30 heavy (non-hydrogen) atoms. The second kappa shape index (κ2) is 8.90. The quantitative estimate of drug-likeness (QED) is 0.309. The minimum absolute atomic E-state index is 0.161. The molecule has 0 amide bonds. The molecule has 1 aromatic rings. The number of esters is 1. The summed E-state index contributed by atoms with van der Waals surface area (Å²) in [5, 5.41) is 0. The molecule has 1 aromatic carbocycles. The molecule has 1 unspecified atom stereocenters. The van der Waals surface area contributed by atoms with Gasteiger partial charge in [-0.2, -0.15) is 0 Å². The van der Waals surface area contributed by atoms with Crippen LogP contribution in [0.15, 0.2) is 12.1 Å². The summed E-state index contributed by atoms with van der Waals surface area (Å²) in [7, 11) is 1.88. The van der Waals surface area contributed by atoms with Crippen molar-refractivity contribution in [2.45, 2.75) is 90.6 Å². The van der Waals surface area contributed by atoms with Crippen LogP contribution in [0, 0.1) is 17.3 Å². The third-order valence-corrected chi connectivity index (χ3v) is 8.23. The van der Waals surface area contributed by atoms with Gasteiger partial charge >= 0.3 is 5.97 Å². The Morgan fingerprint density at radius 3 is 2.73 bits per heavy atom. The van der Waals surface area contributed by atoms with Crippen molar-refractivity contribution in [3.05, 3.63) is 23.3 Å². The molecule has 4 heteroatoms. The van der Waals surface area contributed by atoms with E-state index in [9.17, 15) is 4.79 Å². The average molecular weight is 415 g/mol. The van der Waals surface area contributed by atoms with Gasteiger partial charge in [0.2, 0.25) is 0 Å². The summed E-state index contributed by atoms with van der Waals surface area (Å²) in [6, 6.07) is 4.19. The van der Waals surface area contributed by atoms with Gasteiger partial charge in [0.25, 0.3) is 0 Å². The van der Waals surface area contributed by atoms with Gasteiger partial charge in [0.05, 0.1) is 12.7 Å². The Balaban J connectivity index is 1.67. The van der Waals surface area contributed by atoms with Gasteiger partial charge in [-0.3, -0.25) is 4.79 Å². The minimum Gasteiger partial charge on any atom is -0.493 e. The Labute approximate surface area is 181 Å². The van der Waals surface area contributed by atoms with E-state index in [1.807, 2.05) is 20.1 Å². The first-order valence-corrected chi connectivity index (χ1v) is 12.0. The number of carbonyl (C=O) groups excluding carboxylic acids is 1. The summed E-state index contributed by atoms with van der Waals surface area (Å²) >= 11 is 0. The number of aryl methyl sites for hydroxylation is 1. The minimum atomic E-state index is -0.161. The summed E-state index contributed by atoms with van der Waals surface area (Å²) in [4.78, 5) is 12.2. The van der Waals surface area contributed by atoms with Crippen LogP contribution in [0.1, 0.15) is 89.2 Å². The third kappa shape index (κ3) is 3.77. The Morgan fingerprint density at radius 2 is 2.00 bits per heavy atom. The molecule has 3 aliphatic rings. The molecule has 0 bridgehead atoms. The number of fused-ring (bicyclic) bond motifs is 5. The van der Waals surface area contributed by atoms with Crippen molar-refractivity contribution in [3.63, 3.8) is 0 Å². The lowest BCUT2D eigenvalue weighted by Crippen LogP contribution is -2.44. The fourth-order valence-electron chi connectivity index (χ4n) is 6.69. The first-order valence-electron chi connectivity index (χ1n) is 12.0. The Bertz CT molecular complexity index is 773. The maximum absolute atomic E-state index is 12.2. The normalized spacial score (nSPS) is 32.1. The number of benzene rings is 1. The van der Waals surface area contributed by atoms with Crippen molar-refractivity contribution in [2.75, 3.05) is 13.7 Å². The lowest BCUT2D eigenvalue weighted by molar-refractivity contribution is -0.134. The van der Waals surface area contributed by atoms with E-state index in [2.05, 4.69) is 19.9 Å². The second-order valence-electron chi connectivity index (χ2n) is 9.79. The van der Waals surface area contributed by atoms with Crippen LogP contribution in [0.4, 0.5) is 0 Å². The van der Waals surface area contributed by atoms with Crippen LogP contribution < -0.4 is 9.47 Å². The number of ether oxygens (including phenoxy) is 3. The zero-order valence-electron chi connectivity index (χ0n) is 19.2. The summed E-state index contributed by atoms with van der Waals surface area (Å²) in [6.07, 6.45) is 9.95. The molecule has 4 rings (SSSR count). The summed E-state index contributed by atoms with van der Waals surface area (Å²) in [6.45, 7) is 7.18. The lowest BCUT2D eigenvalue weighted by atomic mass is 9.55. The number of carbonyl (C=O) groups is 1. The van der Waals surface area contributed by atoms with E-state index in [1.165, 1.54) is 36.8 Å². The van der Waals surface area contributed by atoms with Gasteiger partial charge in [-0.25, -0.2) is 0 Å². The van der Waals surface area contributed by atoms with Crippen LogP contribution >= 0.6 is 0 Å². The van der Waals surface area contributed by atoms with Gasteiger partial charge in [-0.15, -0.1) is 0 Å². The highest BCUT2D eigenvalue weighted by Gasteiger charge is 2.55. The van der Waals surface area contributed by atoms with E-state index in [0.29, 0.717) is 36.9 Å². The van der Waals surface area contributed by atoms with Gasteiger partial charge in [0.15, 0.2) is 0 Å². The number of rotatable bonds is 7. The molecule has 0 heterocycles. The van der Waals surface area contributed by atoms with Crippen LogP contribution in [0.3, 0.4) is 0 Å². The number of hydrogen-bond acceptors (Lipinski definition) is 4. The number of hydrogen-bond donors (Lipinski definition) is 0. The molecular formula is C26H38O4. The predicted molar refractivity (Wildman–Crippen MR) is 118 cm³/mol. The van der Waals surface area contributed by atoms with Crippen LogP contribution in [-0.2, 0) is 16.0 Å². The van der Waals surface area contributed by atoms with E-state index in [0.717, 1.165) is 37.2 Å². The van der Waals surface area contributed by atoms with Crippen LogP contribution in [0.2, 0.25) is 0 Å². The average Bonchev–Trinajstić information content (AvgIpc) is 3.09. The number of methoxy groups -OCH3 is 1. The van der Waals surface area contributed by atoms with Crippen molar-refractivity contribution in [2.24, 2.45) is 17.3 Å². The summed E-state index contributed by atoms with van der Waals surface area (Å²) in [5.74, 6) is 3.27. The van der Waals surface area contributed by atoms with Crippen LogP contribution in [0.5, 0.6) is 11.5 Å². The van der Waals surface area contributed by atoms with Gasteiger partial charge in [-0.05, 0) is 79.7 Å². The maximum Gasteiger partial charge on any atom is 0.310 e. The van der Waals surface area contributed by atoms with Gasteiger partial charge < -0.3 is 14.2 Å². The van der Waals surface area contributed by atoms with Crippen molar-refractivity contribution in [1.82, 2.24) is 0 Å². The van der Waals surface area contributed by atoms with Crippen LogP contribution in [0.25, 0.3) is 0 Å². The van der Waals surface area contributed by atoms with Crippen molar-refractivity contribution < 1.29 is 19.0 Å². The molecule has 2 fully saturated rings. The molecule has 0 spiro atoms. The molecule has 5 atom stereocenters. The molecule has 0 radical (unpaired) electrons. The lowest BCUT2D eigenvalue weighted by Gasteiger charge is -2.50. The molecule has 0 N–H and O–H groups in total.